The highest BCUT2D eigenvalue weighted by molar-refractivity contribution is 8.00. The lowest BCUT2D eigenvalue weighted by atomic mass is 10.1. The summed E-state index contributed by atoms with van der Waals surface area (Å²) in [5.41, 5.74) is 3.41. The Labute approximate surface area is 201 Å². The van der Waals surface area contributed by atoms with Crippen LogP contribution in [0.25, 0.3) is 11.1 Å². The van der Waals surface area contributed by atoms with Crippen molar-refractivity contribution in [1.29, 1.82) is 0 Å². The Kier molecular flexibility index (Phi) is 10.2. The van der Waals surface area contributed by atoms with Crippen LogP contribution in [-0.4, -0.2) is 17.0 Å². The lowest BCUT2D eigenvalue weighted by Gasteiger charge is -2.12. The maximum Gasteiger partial charge on any atom is 0.319 e. The average molecular weight is 465 g/mol. The monoisotopic (exact) mass is 464 g/mol. The molecule has 3 aromatic carbocycles. The van der Waals surface area contributed by atoms with Crippen molar-refractivity contribution < 1.29 is 9.53 Å². The third-order valence-electron chi connectivity index (χ3n) is 5.18. The summed E-state index contributed by atoms with van der Waals surface area (Å²) in [6.07, 6.45) is 5.24. The standard InChI is InChI=1S/C28H32O2S2/c1-3-4-5-9-20-31-26-16-12-24(13-17-26)25-14-18-27(19-15-25)32-22(2)28(29)30-21-23-10-7-6-8-11-23/h6-8,10-19,22H,3-5,9,20-21H2,1-2H3/t22-/m1/s1. The van der Waals surface area contributed by atoms with E-state index in [-0.39, 0.29) is 11.2 Å². The molecule has 0 spiro atoms. The molecule has 0 saturated heterocycles. The Bertz CT molecular complexity index is 937. The second-order valence-electron chi connectivity index (χ2n) is 7.81. The number of carbonyl (C=O) groups is 1. The van der Waals surface area contributed by atoms with Gasteiger partial charge in [0.15, 0.2) is 0 Å². The van der Waals surface area contributed by atoms with E-state index >= 15 is 0 Å². The quantitative estimate of drug-likeness (QED) is 0.153. The first kappa shape index (κ1) is 24.5. The van der Waals surface area contributed by atoms with Crippen molar-refractivity contribution in [3.8, 4) is 11.1 Å². The second kappa shape index (κ2) is 13.4. The molecule has 0 fully saturated rings. The van der Waals surface area contributed by atoms with E-state index in [1.807, 2.05) is 49.0 Å². The van der Waals surface area contributed by atoms with Gasteiger partial charge in [-0.1, -0.05) is 80.8 Å². The highest BCUT2D eigenvalue weighted by Gasteiger charge is 2.16. The lowest BCUT2D eigenvalue weighted by molar-refractivity contribution is -0.143. The van der Waals surface area contributed by atoms with Gasteiger partial charge >= 0.3 is 5.97 Å². The van der Waals surface area contributed by atoms with Crippen molar-refractivity contribution in [2.45, 2.75) is 61.2 Å². The molecule has 0 aromatic heterocycles. The maximum absolute atomic E-state index is 12.3. The molecule has 0 saturated carbocycles. The zero-order valence-electron chi connectivity index (χ0n) is 19.0. The average Bonchev–Trinajstić information content (AvgIpc) is 2.84. The number of unbranched alkanes of at least 4 members (excludes halogenated alkanes) is 3. The molecule has 0 aliphatic heterocycles. The van der Waals surface area contributed by atoms with Crippen LogP contribution in [0.1, 0.15) is 45.1 Å². The number of benzene rings is 3. The number of thioether (sulfide) groups is 2. The molecule has 0 heterocycles. The van der Waals surface area contributed by atoms with E-state index in [0.717, 1.165) is 10.5 Å². The minimum Gasteiger partial charge on any atom is -0.460 e. The Hall–Kier alpha value is -2.17. The number of carbonyl (C=O) groups excluding carboxylic acids is 1. The van der Waals surface area contributed by atoms with Crippen molar-refractivity contribution in [3.63, 3.8) is 0 Å². The van der Waals surface area contributed by atoms with E-state index in [1.54, 1.807) is 0 Å². The molecule has 32 heavy (non-hydrogen) atoms. The molecule has 168 valence electrons. The van der Waals surface area contributed by atoms with Gasteiger partial charge in [0.05, 0.1) is 0 Å². The van der Waals surface area contributed by atoms with Crippen LogP contribution < -0.4 is 0 Å². The van der Waals surface area contributed by atoms with Crippen molar-refractivity contribution in [1.82, 2.24) is 0 Å². The minimum atomic E-state index is -0.252. The van der Waals surface area contributed by atoms with Crippen LogP contribution in [0.4, 0.5) is 0 Å². The zero-order chi connectivity index (χ0) is 22.6. The van der Waals surface area contributed by atoms with Gasteiger partial charge in [-0.25, -0.2) is 0 Å². The second-order valence-corrected chi connectivity index (χ2v) is 10.4. The first-order valence-corrected chi connectivity index (χ1v) is 13.2. The van der Waals surface area contributed by atoms with Crippen molar-refractivity contribution >= 4 is 29.5 Å². The van der Waals surface area contributed by atoms with Crippen molar-refractivity contribution in [2.24, 2.45) is 0 Å². The summed E-state index contributed by atoms with van der Waals surface area (Å²) in [7, 11) is 0. The summed E-state index contributed by atoms with van der Waals surface area (Å²) in [6.45, 7) is 4.46. The van der Waals surface area contributed by atoms with Gasteiger partial charge in [0, 0.05) is 9.79 Å². The largest absolute Gasteiger partial charge is 0.460 e. The van der Waals surface area contributed by atoms with E-state index < -0.39 is 0 Å². The molecule has 0 radical (unpaired) electrons. The Morgan fingerprint density at radius 3 is 2.06 bits per heavy atom. The smallest absolute Gasteiger partial charge is 0.319 e. The molecule has 0 aliphatic rings. The normalized spacial score (nSPS) is 11.8. The number of rotatable bonds is 12. The van der Waals surface area contributed by atoms with E-state index in [4.69, 9.17) is 4.74 Å². The predicted molar refractivity (Wildman–Crippen MR) is 138 cm³/mol. The number of hydrogen-bond acceptors (Lipinski definition) is 4. The van der Waals surface area contributed by atoms with Crippen LogP contribution in [0.3, 0.4) is 0 Å². The molecule has 3 rings (SSSR count). The first-order valence-electron chi connectivity index (χ1n) is 11.4. The summed E-state index contributed by atoms with van der Waals surface area (Å²) in [5.74, 6) is 1.00. The van der Waals surface area contributed by atoms with Crippen LogP contribution in [0.5, 0.6) is 0 Å². The fourth-order valence-electron chi connectivity index (χ4n) is 3.29. The summed E-state index contributed by atoms with van der Waals surface area (Å²) >= 11 is 3.47. The highest BCUT2D eigenvalue weighted by atomic mass is 32.2. The van der Waals surface area contributed by atoms with Crippen LogP contribution in [0, 0.1) is 0 Å². The fraction of sp³-hybridized carbons (Fsp3) is 0.321. The van der Waals surface area contributed by atoms with Gasteiger partial charge in [-0.05, 0) is 60.1 Å². The van der Waals surface area contributed by atoms with Gasteiger partial charge in [0.2, 0.25) is 0 Å². The van der Waals surface area contributed by atoms with Crippen molar-refractivity contribution in [3.05, 3.63) is 84.4 Å². The minimum absolute atomic E-state index is 0.189. The van der Waals surface area contributed by atoms with Crippen LogP contribution in [0.15, 0.2) is 88.7 Å². The Balaban J connectivity index is 1.47. The Morgan fingerprint density at radius 2 is 1.44 bits per heavy atom. The molecule has 2 nitrogen and oxygen atoms in total. The van der Waals surface area contributed by atoms with Crippen LogP contribution in [-0.2, 0) is 16.1 Å². The molecule has 1 atom stereocenters. The Morgan fingerprint density at radius 1 is 0.812 bits per heavy atom. The molecule has 4 heteroatoms. The SMILES string of the molecule is CCCCCCSc1ccc(-c2ccc(S[C@H](C)C(=O)OCc3ccccc3)cc2)cc1. The van der Waals surface area contributed by atoms with Gasteiger partial charge in [-0.15, -0.1) is 23.5 Å². The number of ether oxygens (including phenoxy) is 1. The third-order valence-corrected chi connectivity index (χ3v) is 7.37. The fourth-order valence-corrected chi connectivity index (χ4v) is 5.07. The van der Waals surface area contributed by atoms with Gasteiger partial charge in [-0.2, -0.15) is 0 Å². The number of hydrogen-bond donors (Lipinski definition) is 0. The molecule has 0 bridgehead atoms. The molecule has 0 unspecified atom stereocenters. The molecule has 0 amide bonds. The molecular weight excluding hydrogens is 432 g/mol. The van der Waals surface area contributed by atoms with Gasteiger partial charge in [0.1, 0.15) is 11.9 Å². The van der Waals surface area contributed by atoms with Crippen LogP contribution in [0.2, 0.25) is 0 Å². The summed E-state index contributed by atoms with van der Waals surface area (Å²) in [4.78, 5) is 14.7. The van der Waals surface area contributed by atoms with Gasteiger partial charge < -0.3 is 4.74 Å². The molecular formula is C28H32O2S2. The van der Waals surface area contributed by atoms with Gasteiger partial charge in [0.25, 0.3) is 0 Å². The zero-order valence-corrected chi connectivity index (χ0v) is 20.6. The molecule has 0 N–H and O–H groups in total. The summed E-state index contributed by atoms with van der Waals surface area (Å²) in [6, 6.07) is 27.0. The van der Waals surface area contributed by atoms with E-state index in [9.17, 15) is 4.79 Å². The molecule has 3 aromatic rings. The predicted octanol–water partition coefficient (Wildman–Crippen LogP) is 8.25. The molecule has 0 aliphatic carbocycles. The lowest BCUT2D eigenvalue weighted by Crippen LogP contribution is -2.16. The van der Waals surface area contributed by atoms with Gasteiger partial charge in [-0.3, -0.25) is 4.79 Å². The topological polar surface area (TPSA) is 26.3 Å². The van der Waals surface area contributed by atoms with E-state index in [1.165, 1.54) is 59.2 Å². The van der Waals surface area contributed by atoms with E-state index in [2.05, 4.69) is 55.5 Å². The summed E-state index contributed by atoms with van der Waals surface area (Å²) in [5, 5.41) is -0.252. The maximum atomic E-state index is 12.3. The van der Waals surface area contributed by atoms with Crippen LogP contribution >= 0.6 is 23.5 Å². The highest BCUT2D eigenvalue weighted by Crippen LogP contribution is 2.29. The number of esters is 1. The third kappa shape index (κ3) is 8.07. The van der Waals surface area contributed by atoms with E-state index in [0.29, 0.717) is 6.61 Å². The first-order chi connectivity index (χ1) is 15.7. The van der Waals surface area contributed by atoms with Crippen molar-refractivity contribution in [2.75, 3.05) is 5.75 Å². The summed E-state index contributed by atoms with van der Waals surface area (Å²) < 4.78 is 5.45.